The molecule has 1 aliphatic rings. The molecule has 3 nitrogen and oxygen atoms in total. The van der Waals surface area contributed by atoms with Gasteiger partial charge in [0, 0.05) is 19.2 Å². The molecule has 90 valence electrons. The van der Waals surface area contributed by atoms with E-state index in [-0.39, 0.29) is 0 Å². The highest BCUT2D eigenvalue weighted by Crippen LogP contribution is 2.10. The molecular formula is C12H26N2O. The summed E-state index contributed by atoms with van der Waals surface area (Å²) in [5, 5.41) is 12.1. The van der Waals surface area contributed by atoms with Crippen LogP contribution in [0.4, 0.5) is 0 Å². The van der Waals surface area contributed by atoms with Crippen molar-refractivity contribution in [3.8, 4) is 0 Å². The highest BCUT2D eigenvalue weighted by molar-refractivity contribution is 4.74. The molecule has 0 radical (unpaired) electrons. The highest BCUT2D eigenvalue weighted by Gasteiger charge is 2.16. The Balaban J connectivity index is 1.90. The quantitative estimate of drug-likeness (QED) is 0.596. The van der Waals surface area contributed by atoms with Crippen molar-refractivity contribution in [2.45, 2.75) is 45.1 Å². The first-order chi connectivity index (χ1) is 7.34. The molecule has 1 atom stereocenters. The zero-order valence-corrected chi connectivity index (χ0v) is 10.0. The number of hydrogen-bond acceptors (Lipinski definition) is 3. The van der Waals surface area contributed by atoms with Gasteiger partial charge in [-0.15, -0.1) is 0 Å². The minimum Gasteiger partial charge on any atom is -0.396 e. The molecule has 1 rings (SSSR count). The Hall–Kier alpha value is -0.120. The number of aliphatic hydroxyl groups excluding tert-OH is 1. The largest absolute Gasteiger partial charge is 0.396 e. The fourth-order valence-electron chi connectivity index (χ4n) is 2.16. The summed E-state index contributed by atoms with van der Waals surface area (Å²) < 4.78 is 0. The Morgan fingerprint density at radius 3 is 2.60 bits per heavy atom. The van der Waals surface area contributed by atoms with Gasteiger partial charge in [-0.25, -0.2) is 0 Å². The van der Waals surface area contributed by atoms with E-state index in [4.69, 9.17) is 5.11 Å². The van der Waals surface area contributed by atoms with Crippen LogP contribution in [0, 0.1) is 0 Å². The van der Waals surface area contributed by atoms with Crippen molar-refractivity contribution in [1.82, 2.24) is 10.2 Å². The molecule has 0 aromatic rings. The number of unbranched alkanes of at least 4 members (excludes halogenated alkanes) is 2. The van der Waals surface area contributed by atoms with Crippen molar-refractivity contribution in [1.29, 1.82) is 0 Å². The third kappa shape index (κ3) is 5.50. The normalized spacial score (nSPS) is 19.6. The molecule has 2 N–H and O–H groups in total. The molecule has 1 aliphatic heterocycles. The Bertz CT molecular complexity index is 147. The summed E-state index contributed by atoms with van der Waals surface area (Å²) in [6.07, 6.45) is 6.03. The topological polar surface area (TPSA) is 35.5 Å². The molecule has 0 aromatic carbocycles. The molecule has 0 bridgehead atoms. The van der Waals surface area contributed by atoms with Gasteiger partial charge in [-0.05, 0) is 58.7 Å². The zero-order valence-electron chi connectivity index (χ0n) is 10.0. The molecule has 1 heterocycles. The van der Waals surface area contributed by atoms with Gasteiger partial charge in [0.25, 0.3) is 0 Å². The van der Waals surface area contributed by atoms with Gasteiger partial charge in [-0.1, -0.05) is 0 Å². The van der Waals surface area contributed by atoms with Crippen LogP contribution in [-0.4, -0.2) is 48.8 Å². The van der Waals surface area contributed by atoms with E-state index < -0.39 is 0 Å². The molecule has 0 amide bonds. The van der Waals surface area contributed by atoms with E-state index >= 15 is 0 Å². The van der Waals surface area contributed by atoms with Crippen molar-refractivity contribution in [3.05, 3.63) is 0 Å². The fraction of sp³-hybridized carbons (Fsp3) is 1.00. The summed E-state index contributed by atoms with van der Waals surface area (Å²) in [7, 11) is 0. The van der Waals surface area contributed by atoms with Crippen molar-refractivity contribution < 1.29 is 5.11 Å². The summed E-state index contributed by atoms with van der Waals surface area (Å²) in [6.45, 7) is 7.42. The van der Waals surface area contributed by atoms with E-state index in [0.717, 1.165) is 25.9 Å². The maximum absolute atomic E-state index is 8.63. The Morgan fingerprint density at radius 1 is 1.20 bits per heavy atom. The van der Waals surface area contributed by atoms with Gasteiger partial charge in [0.15, 0.2) is 0 Å². The lowest BCUT2D eigenvalue weighted by Gasteiger charge is -2.23. The third-order valence-electron chi connectivity index (χ3n) is 3.22. The lowest BCUT2D eigenvalue weighted by molar-refractivity contribution is 0.251. The number of nitrogens with zero attached hydrogens (tertiary/aromatic N) is 1. The standard InChI is InChI=1S/C12H26N2O/c1-12(14-8-4-5-9-14)11-13-7-3-2-6-10-15/h12-13,15H,2-11H2,1H3. The number of aliphatic hydroxyl groups is 1. The van der Waals surface area contributed by atoms with Crippen LogP contribution in [0.25, 0.3) is 0 Å². The van der Waals surface area contributed by atoms with E-state index in [1.807, 2.05) is 0 Å². The minimum absolute atomic E-state index is 0.337. The highest BCUT2D eigenvalue weighted by atomic mass is 16.2. The van der Waals surface area contributed by atoms with Gasteiger partial charge in [0.2, 0.25) is 0 Å². The number of hydrogen-bond donors (Lipinski definition) is 2. The summed E-state index contributed by atoms with van der Waals surface area (Å²) in [4.78, 5) is 2.57. The molecular weight excluding hydrogens is 188 g/mol. The van der Waals surface area contributed by atoms with Crippen LogP contribution in [0.15, 0.2) is 0 Å². The molecule has 0 spiro atoms. The first-order valence-corrected chi connectivity index (χ1v) is 6.40. The predicted octanol–water partition coefficient (Wildman–Crippen LogP) is 1.22. The Kier molecular flexibility index (Phi) is 6.98. The van der Waals surface area contributed by atoms with Gasteiger partial charge in [0.1, 0.15) is 0 Å². The van der Waals surface area contributed by atoms with Gasteiger partial charge >= 0.3 is 0 Å². The number of nitrogens with one attached hydrogen (secondary N) is 1. The van der Waals surface area contributed by atoms with E-state index in [9.17, 15) is 0 Å². The maximum Gasteiger partial charge on any atom is 0.0431 e. The van der Waals surface area contributed by atoms with Crippen LogP contribution in [0.5, 0.6) is 0 Å². The molecule has 0 aromatic heterocycles. The van der Waals surface area contributed by atoms with Gasteiger partial charge in [0.05, 0.1) is 0 Å². The van der Waals surface area contributed by atoms with E-state index in [0.29, 0.717) is 12.6 Å². The lowest BCUT2D eigenvalue weighted by atomic mass is 10.2. The first-order valence-electron chi connectivity index (χ1n) is 6.40. The molecule has 1 unspecified atom stereocenters. The van der Waals surface area contributed by atoms with Crippen molar-refractivity contribution in [3.63, 3.8) is 0 Å². The van der Waals surface area contributed by atoms with E-state index in [1.165, 1.54) is 32.4 Å². The molecule has 0 aliphatic carbocycles. The summed E-state index contributed by atoms with van der Waals surface area (Å²) >= 11 is 0. The molecule has 1 fully saturated rings. The molecule has 1 saturated heterocycles. The predicted molar refractivity (Wildman–Crippen MR) is 64.1 cm³/mol. The Morgan fingerprint density at radius 2 is 1.93 bits per heavy atom. The van der Waals surface area contributed by atoms with Crippen LogP contribution in [0.2, 0.25) is 0 Å². The van der Waals surface area contributed by atoms with E-state index in [2.05, 4.69) is 17.1 Å². The summed E-state index contributed by atoms with van der Waals surface area (Å²) in [5.41, 5.74) is 0. The fourth-order valence-corrected chi connectivity index (χ4v) is 2.16. The first kappa shape index (κ1) is 12.9. The van der Waals surface area contributed by atoms with Crippen LogP contribution < -0.4 is 5.32 Å². The smallest absolute Gasteiger partial charge is 0.0431 e. The summed E-state index contributed by atoms with van der Waals surface area (Å²) in [6, 6.07) is 0.686. The second-order valence-corrected chi connectivity index (χ2v) is 4.58. The van der Waals surface area contributed by atoms with E-state index in [1.54, 1.807) is 0 Å². The Labute approximate surface area is 93.9 Å². The van der Waals surface area contributed by atoms with Gasteiger partial charge in [-0.2, -0.15) is 0 Å². The second-order valence-electron chi connectivity index (χ2n) is 4.58. The monoisotopic (exact) mass is 214 g/mol. The van der Waals surface area contributed by atoms with Crippen LogP contribution in [-0.2, 0) is 0 Å². The molecule has 15 heavy (non-hydrogen) atoms. The third-order valence-corrected chi connectivity index (χ3v) is 3.22. The molecule has 0 saturated carbocycles. The maximum atomic E-state index is 8.63. The SMILES string of the molecule is CC(CNCCCCCO)N1CCCC1. The average Bonchev–Trinajstić information content (AvgIpc) is 2.76. The second kappa shape index (κ2) is 8.08. The minimum atomic E-state index is 0.337. The zero-order chi connectivity index (χ0) is 10.9. The average molecular weight is 214 g/mol. The van der Waals surface area contributed by atoms with Crippen LogP contribution in [0.1, 0.15) is 39.0 Å². The number of rotatable bonds is 8. The number of likely N-dealkylation sites (tertiary alicyclic amines) is 1. The van der Waals surface area contributed by atoms with Crippen molar-refractivity contribution in [2.24, 2.45) is 0 Å². The van der Waals surface area contributed by atoms with Crippen LogP contribution >= 0.6 is 0 Å². The van der Waals surface area contributed by atoms with Gasteiger partial charge in [-0.3, -0.25) is 4.90 Å². The lowest BCUT2D eigenvalue weighted by Crippen LogP contribution is -2.38. The molecule has 3 heteroatoms. The van der Waals surface area contributed by atoms with Crippen molar-refractivity contribution in [2.75, 3.05) is 32.8 Å². The summed E-state index contributed by atoms with van der Waals surface area (Å²) in [5.74, 6) is 0. The van der Waals surface area contributed by atoms with Gasteiger partial charge < -0.3 is 10.4 Å². The van der Waals surface area contributed by atoms with Crippen LogP contribution in [0.3, 0.4) is 0 Å². The van der Waals surface area contributed by atoms with Crippen molar-refractivity contribution >= 4 is 0 Å².